The molecule has 0 fully saturated rings. The third-order valence-corrected chi connectivity index (χ3v) is 6.35. The van der Waals surface area contributed by atoms with Crippen molar-refractivity contribution in [2.75, 3.05) is 19.7 Å². The maximum Gasteiger partial charge on any atom is 0.0431 e. The summed E-state index contributed by atoms with van der Waals surface area (Å²) in [5, 5.41) is 13.2. The van der Waals surface area contributed by atoms with Crippen molar-refractivity contribution in [1.82, 2.24) is 0 Å². The Balaban J connectivity index is -0.000000296. The number of halogens is 1. The monoisotopic (exact) mass is 537 g/mol. The van der Waals surface area contributed by atoms with Gasteiger partial charge in [-0.1, -0.05) is 168 Å². The summed E-state index contributed by atoms with van der Waals surface area (Å²) >= 11 is 0. The van der Waals surface area contributed by atoms with Gasteiger partial charge < -0.3 is 22.8 Å². The zero-order valence-electron chi connectivity index (χ0n) is 23.9. The predicted octanol–water partition coefficient (Wildman–Crippen LogP) is 7.76. The van der Waals surface area contributed by atoms with Crippen LogP contribution in [0.1, 0.15) is 175 Å². The molecule has 0 saturated heterocycles. The molecule has 0 radical (unpaired) electrons. The fraction of sp³-hybridized carbons (Fsp3) is 1.00. The van der Waals surface area contributed by atoms with Crippen molar-refractivity contribution < 1.29 is 39.2 Å². The molecule has 0 aromatic heterocycles. The molecule has 0 aliphatic rings. The van der Waals surface area contributed by atoms with Crippen molar-refractivity contribution in [3.63, 3.8) is 0 Å². The van der Waals surface area contributed by atoms with Gasteiger partial charge in [0.2, 0.25) is 0 Å². The van der Waals surface area contributed by atoms with Gasteiger partial charge in [0, 0.05) is 28.3 Å². The number of unbranched alkanes of at least 4 members (excludes halogenated alkanes) is 21. The minimum absolute atomic E-state index is 0. The summed E-state index contributed by atoms with van der Waals surface area (Å²) in [6.07, 6.45) is 32.9. The summed E-state index contributed by atoms with van der Waals surface area (Å²) < 4.78 is 0. The van der Waals surface area contributed by atoms with E-state index in [-0.39, 0.29) is 34.1 Å². The Hall–Kier alpha value is 0.924. The standard InChI is InChI=1S/C20H42N.C10H22O.ClH.Ti/c1-3-5-7-9-11-13-15-17-19-21-20-18-16-14-12-10-8-6-4-2;1-2-3-4-5-6-7-8-9-10-11;;/h3-20H2,1-2H3;11H,2-10H2,1H3;1H;/q-1;;;/p-1. The number of rotatable bonds is 26. The summed E-state index contributed by atoms with van der Waals surface area (Å²) in [6, 6.07) is 0. The molecule has 0 saturated carbocycles. The molecule has 0 amide bonds. The van der Waals surface area contributed by atoms with Gasteiger partial charge in [-0.15, -0.1) is 13.1 Å². The maximum absolute atomic E-state index is 8.51. The van der Waals surface area contributed by atoms with Gasteiger partial charge in [0.05, 0.1) is 0 Å². The molecule has 0 spiro atoms. The van der Waals surface area contributed by atoms with Crippen LogP contribution in [0.25, 0.3) is 5.32 Å². The first-order valence-corrected chi connectivity index (χ1v) is 15.1. The molecule has 34 heavy (non-hydrogen) atoms. The molecule has 0 aromatic carbocycles. The molecule has 208 valence electrons. The number of nitrogens with zero attached hydrogens (tertiary/aromatic N) is 1. The van der Waals surface area contributed by atoms with Crippen LogP contribution in [0.15, 0.2) is 0 Å². The van der Waals surface area contributed by atoms with E-state index in [4.69, 9.17) is 5.11 Å². The van der Waals surface area contributed by atoms with Crippen LogP contribution in [0.4, 0.5) is 0 Å². The van der Waals surface area contributed by atoms with E-state index in [0.717, 1.165) is 19.5 Å². The van der Waals surface area contributed by atoms with E-state index in [0.29, 0.717) is 6.61 Å². The molecule has 0 aromatic rings. The number of hydrogen-bond acceptors (Lipinski definition) is 1. The molecule has 4 heteroatoms. The Labute approximate surface area is 238 Å². The first-order valence-electron chi connectivity index (χ1n) is 15.1. The molecule has 0 aliphatic carbocycles. The molecule has 2 nitrogen and oxygen atoms in total. The Kier molecular flexibility index (Phi) is 54.3. The second-order valence-electron chi connectivity index (χ2n) is 9.82. The fourth-order valence-corrected chi connectivity index (χ4v) is 4.07. The molecule has 1 N–H and O–H groups in total. The third kappa shape index (κ3) is 46.3. The van der Waals surface area contributed by atoms with Crippen LogP contribution >= 0.6 is 0 Å². The van der Waals surface area contributed by atoms with Gasteiger partial charge in [0.25, 0.3) is 0 Å². The van der Waals surface area contributed by atoms with Gasteiger partial charge in [-0.05, 0) is 6.42 Å². The number of aliphatic hydroxyl groups excluding tert-OH is 1. The van der Waals surface area contributed by atoms with Crippen LogP contribution in [0.5, 0.6) is 0 Å². The van der Waals surface area contributed by atoms with Gasteiger partial charge in [-0.3, -0.25) is 0 Å². The van der Waals surface area contributed by atoms with E-state index in [2.05, 4.69) is 26.1 Å². The molecule has 0 aliphatic heterocycles. The number of hydrogen-bond donors (Lipinski definition) is 1. The summed E-state index contributed by atoms with van der Waals surface area (Å²) in [4.78, 5) is 0. The van der Waals surface area contributed by atoms with E-state index in [1.807, 2.05) is 0 Å². The predicted molar refractivity (Wildman–Crippen MR) is 148 cm³/mol. The van der Waals surface area contributed by atoms with Gasteiger partial charge in [0.1, 0.15) is 0 Å². The van der Waals surface area contributed by atoms with E-state index in [1.165, 1.54) is 148 Å². The fourth-order valence-electron chi connectivity index (χ4n) is 4.07. The minimum Gasteiger partial charge on any atom is -1.00 e. The summed E-state index contributed by atoms with van der Waals surface area (Å²) in [7, 11) is 0. The topological polar surface area (TPSA) is 34.3 Å². The van der Waals surface area contributed by atoms with Gasteiger partial charge in [0.15, 0.2) is 0 Å². The second kappa shape index (κ2) is 44.0. The Morgan fingerprint density at radius 3 is 0.882 bits per heavy atom. The van der Waals surface area contributed by atoms with Crippen molar-refractivity contribution in [3.05, 3.63) is 5.32 Å². The van der Waals surface area contributed by atoms with E-state index >= 15 is 0 Å². The maximum atomic E-state index is 8.51. The quantitative estimate of drug-likeness (QED) is 0.0887. The van der Waals surface area contributed by atoms with Crippen molar-refractivity contribution in [2.24, 2.45) is 0 Å². The van der Waals surface area contributed by atoms with Crippen molar-refractivity contribution in [3.8, 4) is 0 Å². The second-order valence-corrected chi connectivity index (χ2v) is 9.82. The van der Waals surface area contributed by atoms with Crippen molar-refractivity contribution >= 4 is 0 Å². The van der Waals surface area contributed by atoms with Crippen molar-refractivity contribution in [2.45, 2.75) is 175 Å². The summed E-state index contributed by atoms with van der Waals surface area (Å²) in [5.41, 5.74) is 0. The van der Waals surface area contributed by atoms with Gasteiger partial charge in [-0.2, -0.15) is 0 Å². The number of aliphatic hydroxyl groups is 1. The molecule has 0 atom stereocenters. The normalized spacial score (nSPS) is 10.2. The largest absolute Gasteiger partial charge is 1.00 e. The first kappa shape index (κ1) is 42.0. The Morgan fingerprint density at radius 1 is 0.382 bits per heavy atom. The molecule has 0 bridgehead atoms. The zero-order chi connectivity index (χ0) is 23.8. The summed E-state index contributed by atoms with van der Waals surface area (Å²) in [5.74, 6) is 0. The van der Waals surface area contributed by atoms with E-state index in [1.54, 1.807) is 0 Å². The van der Waals surface area contributed by atoms with Gasteiger partial charge in [-0.25, -0.2) is 0 Å². The van der Waals surface area contributed by atoms with Crippen LogP contribution in [0, 0.1) is 0 Å². The van der Waals surface area contributed by atoms with E-state index in [9.17, 15) is 0 Å². The molecular weight excluding hydrogens is 474 g/mol. The Morgan fingerprint density at radius 2 is 0.618 bits per heavy atom. The molecule has 0 heterocycles. The first-order chi connectivity index (χ1) is 15.8. The Bertz CT molecular complexity index is 269. The van der Waals surface area contributed by atoms with Crippen molar-refractivity contribution in [1.29, 1.82) is 0 Å². The molecule has 0 unspecified atom stereocenters. The van der Waals surface area contributed by atoms with E-state index < -0.39 is 0 Å². The van der Waals surface area contributed by atoms with Crippen LogP contribution in [0.3, 0.4) is 0 Å². The SMILES string of the molecule is CCCCCCCCCCO.CCCCCCCCCC[N-]CCCCCCCCCC.[Cl-].[Ti]. The van der Waals surface area contributed by atoms with Crippen LogP contribution in [-0.4, -0.2) is 24.8 Å². The smallest absolute Gasteiger partial charge is 0.0431 e. The average molecular weight is 538 g/mol. The van der Waals surface area contributed by atoms with Crippen LogP contribution in [-0.2, 0) is 21.7 Å². The minimum atomic E-state index is 0. The third-order valence-electron chi connectivity index (χ3n) is 6.35. The zero-order valence-corrected chi connectivity index (χ0v) is 26.2. The summed E-state index contributed by atoms with van der Waals surface area (Å²) in [6.45, 7) is 9.42. The van der Waals surface area contributed by atoms with Gasteiger partial charge >= 0.3 is 0 Å². The van der Waals surface area contributed by atoms with Crippen LogP contribution < -0.4 is 12.4 Å². The average Bonchev–Trinajstić information content (AvgIpc) is 2.81. The molecular formula is C30H64ClNOTi-2. The van der Waals surface area contributed by atoms with Crippen LogP contribution in [0.2, 0.25) is 0 Å². The molecule has 0 rings (SSSR count).